The fourth-order valence-electron chi connectivity index (χ4n) is 5.14. The van der Waals surface area contributed by atoms with Crippen LogP contribution in [-0.2, 0) is 14.3 Å². The molecule has 2 amide bonds. The van der Waals surface area contributed by atoms with Crippen LogP contribution < -0.4 is 5.32 Å². The quantitative estimate of drug-likeness (QED) is 0.758. The van der Waals surface area contributed by atoms with Crippen LogP contribution in [0.2, 0.25) is 0 Å². The number of nitrogens with one attached hydrogen (secondary N) is 1. The number of thiophene rings is 1. The van der Waals surface area contributed by atoms with Crippen LogP contribution >= 0.6 is 11.3 Å². The van der Waals surface area contributed by atoms with Gasteiger partial charge in [-0.1, -0.05) is 0 Å². The van der Waals surface area contributed by atoms with Crippen molar-refractivity contribution in [3.8, 4) is 0 Å². The van der Waals surface area contributed by atoms with E-state index in [4.69, 9.17) is 14.6 Å². The molecule has 2 aromatic rings. The number of nitrogens with zero attached hydrogens (tertiary/aromatic N) is 3. The summed E-state index contributed by atoms with van der Waals surface area (Å²) in [4.78, 5) is 29.5. The number of aromatic nitrogens is 2. The Labute approximate surface area is 192 Å². The highest BCUT2D eigenvalue weighted by atomic mass is 32.1. The van der Waals surface area contributed by atoms with Gasteiger partial charge in [-0.05, 0) is 51.5 Å². The second-order valence-corrected chi connectivity index (χ2v) is 10.2. The van der Waals surface area contributed by atoms with E-state index >= 15 is 0 Å². The SMILES string of the molecule is Cc1nn(C2CCOCC2)c2sc(C(=O)N[C@H]3CC[C@H](C(=O)N4CCOCC4)CC3)cc12. The Hall–Kier alpha value is -1.97. The average molecular weight is 461 g/mol. The number of carbonyl (C=O) groups is 2. The van der Waals surface area contributed by atoms with Gasteiger partial charge >= 0.3 is 0 Å². The number of carbonyl (C=O) groups excluding carboxylic acids is 2. The molecular formula is C23H32N4O4S. The van der Waals surface area contributed by atoms with E-state index in [0.717, 1.165) is 72.5 Å². The lowest BCUT2D eigenvalue weighted by molar-refractivity contribution is -0.140. The zero-order valence-corrected chi connectivity index (χ0v) is 19.5. The molecule has 0 spiro atoms. The minimum Gasteiger partial charge on any atom is -0.381 e. The summed E-state index contributed by atoms with van der Waals surface area (Å²) in [5.41, 5.74) is 0.976. The lowest BCUT2D eigenvalue weighted by Crippen LogP contribution is -2.46. The van der Waals surface area contributed by atoms with Crippen molar-refractivity contribution in [2.75, 3.05) is 39.5 Å². The zero-order valence-electron chi connectivity index (χ0n) is 18.7. The van der Waals surface area contributed by atoms with Crippen LogP contribution in [0.25, 0.3) is 10.2 Å². The smallest absolute Gasteiger partial charge is 0.261 e. The number of amides is 2. The minimum atomic E-state index is -0.00733. The maximum atomic E-state index is 13.0. The van der Waals surface area contributed by atoms with Crippen molar-refractivity contribution in [3.63, 3.8) is 0 Å². The van der Waals surface area contributed by atoms with Crippen LogP contribution in [0, 0.1) is 12.8 Å². The number of hydrogen-bond acceptors (Lipinski definition) is 6. The van der Waals surface area contributed by atoms with Crippen LogP contribution in [-0.4, -0.2) is 72.1 Å². The Morgan fingerprint density at radius 3 is 2.44 bits per heavy atom. The highest BCUT2D eigenvalue weighted by Gasteiger charge is 2.31. The lowest BCUT2D eigenvalue weighted by Gasteiger charge is -2.34. The van der Waals surface area contributed by atoms with Crippen LogP contribution in [0.1, 0.15) is 59.9 Å². The van der Waals surface area contributed by atoms with E-state index in [9.17, 15) is 9.59 Å². The molecule has 2 saturated heterocycles. The number of rotatable bonds is 4. The summed E-state index contributed by atoms with van der Waals surface area (Å²) in [6, 6.07) is 2.46. The van der Waals surface area contributed by atoms with Crippen molar-refractivity contribution in [3.05, 3.63) is 16.6 Å². The topological polar surface area (TPSA) is 85.7 Å². The molecule has 32 heavy (non-hydrogen) atoms. The third-order valence-electron chi connectivity index (χ3n) is 7.06. The van der Waals surface area contributed by atoms with E-state index in [2.05, 4.69) is 10.00 Å². The number of morpholine rings is 1. The van der Waals surface area contributed by atoms with Gasteiger partial charge in [-0.25, -0.2) is 0 Å². The molecule has 5 rings (SSSR count). The third kappa shape index (κ3) is 4.43. The summed E-state index contributed by atoms with van der Waals surface area (Å²) in [7, 11) is 0. The zero-order chi connectivity index (χ0) is 22.1. The van der Waals surface area contributed by atoms with E-state index in [0.29, 0.717) is 32.3 Å². The molecule has 174 valence electrons. The minimum absolute atomic E-state index is 0.00733. The van der Waals surface area contributed by atoms with Crippen molar-refractivity contribution >= 4 is 33.4 Å². The van der Waals surface area contributed by atoms with Gasteiger partial charge in [0.05, 0.1) is 29.8 Å². The van der Waals surface area contributed by atoms with Gasteiger partial charge in [0.1, 0.15) is 4.83 Å². The molecule has 2 aromatic heterocycles. The summed E-state index contributed by atoms with van der Waals surface area (Å²) in [5.74, 6) is 0.335. The molecule has 0 atom stereocenters. The first-order chi connectivity index (χ1) is 15.6. The Balaban J connectivity index is 1.20. The van der Waals surface area contributed by atoms with Gasteiger partial charge in [-0.3, -0.25) is 14.3 Å². The standard InChI is InChI=1S/C23H32N4O4S/c1-15-19-14-20(32-23(19)27(25-15)18-6-10-30-11-7-18)21(28)24-17-4-2-16(3-5-17)22(29)26-8-12-31-13-9-26/h14,16-18H,2-13H2,1H3,(H,24,28)/t16-,17-. The summed E-state index contributed by atoms with van der Waals surface area (Å²) < 4.78 is 13.0. The molecule has 3 fully saturated rings. The van der Waals surface area contributed by atoms with Gasteiger partial charge in [0.25, 0.3) is 5.91 Å². The second-order valence-electron chi connectivity index (χ2n) is 9.16. The number of fused-ring (bicyclic) bond motifs is 1. The molecule has 1 saturated carbocycles. The van der Waals surface area contributed by atoms with Crippen LogP contribution in [0.4, 0.5) is 0 Å². The first-order valence-electron chi connectivity index (χ1n) is 11.8. The van der Waals surface area contributed by atoms with E-state index in [1.54, 1.807) is 0 Å². The number of ether oxygens (including phenoxy) is 2. The van der Waals surface area contributed by atoms with Crippen molar-refractivity contribution in [2.24, 2.45) is 5.92 Å². The van der Waals surface area contributed by atoms with Crippen LogP contribution in [0.3, 0.4) is 0 Å². The summed E-state index contributed by atoms with van der Waals surface area (Å²) in [6.07, 6.45) is 5.30. The van der Waals surface area contributed by atoms with E-state index in [-0.39, 0.29) is 23.8 Å². The first-order valence-corrected chi connectivity index (χ1v) is 12.7. The fraction of sp³-hybridized carbons (Fsp3) is 0.696. The normalized spacial score (nSPS) is 25.2. The molecule has 8 nitrogen and oxygen atoms in total. The Kier molecular flexibility index (Phi) is 6.48. The van der Waals surface area contributed by atoms with Gasteiger partial charge in [0, 0.05) is 43.6 Å². The predicted molar refractivity (Wildman–Crippen MR) is 122 cm³/mol. The van der Waals surface area contributed by atoms with Gasteiger partial charge in [-0.15, -0.1) is 11.3 Å². The fourth-order valence-corrected chi connectivity index (χ4v) is 6.28. The summed E-state index contributed by atoms with van der Waals surface area (Å²) >= 11 is 1.53. The highest BCUT2D eigenvalue weighted by molar-refractivity contribution is 7.20. The predicted octanol–water partition coefficient (Wildman–Crippen LogP) is 2.91. The molecule has 4 heterocycles. The molecular weight excluding hydrogens is 428 g/mol. The average Bonchev–Trinajstić information content (AvgIpc) is 3.41. The van der Waals surface area contributed by atoms with Crippen molar-refractivity contribution in [2.45, 2.75) is 57.5 Å². The maximum absolute atomic E-state index is 13.0. The molecule has 9 heteroatoms. The van der Waals surface area contributed by atoms with Crippen LogP contribution in [0.15, 0.2) is 6.07 Å². The first kappa shape index (κ1) is 21.9. The second kappa shape index (κ2) is 9.49. The van der Waals surface area contributed by atoms with Crippen molar-refractivity contribution < 1.29 is 19.1 Å². The number of hydrogen-bond donors (Lipinski definition) is 1. The highest BCUT2D eigenvalue weighted by Crippen LogP contribution is 2.33. The summed E-state index contributed by atoms with van der Waals surface area (Å²) in [6.45, 7) is 6.22. The lowest BCUT2D eigenvalue weighted by atomic mass is 9.85. The molecule has 0 bridgehead atoms. The van der Waals surface area contributed by atoms with E-state index in [1.807, 2.05) is 17.9 Å². The molecule has 2 aliphatic heterocycles. The number of aryl methyl sites for hydroxylation is 1. The molecule has 3 aliphatic rings. The molecule has 0 radical (unpaired) electrons. The Morgan fingerprint density at radius 1 is 1.03 bits per heavy atom. The van der Waals surface area contributed by atoms with E-state index < -0.39 is 0 Å². The largest absolute Gasteiger partial charge is 0.381 e. The van der Waals surface area contributed by atoms with Crippen molar-refractivity contribution in [1.29, 1.82) is 0 Å². The molecule has 1 N–H and O–H groups in total. The maximum Gasteiger partial charge on any atom is 0.261 e. The Bertz CT molecular complexity index is 966. The third-order valence-corrected chi connectivity index (χ3v) is 8.19. The van der Waals surface area contributed by atoms with Crippen LogP contribution in [0.5, 0.6) is 0 Å². The summed E-state index contributed by atoms with van der Waals surface area (Å²) in [5, 5.41) is 9.04. The van der Waals surface area contributed by atoms with Crippen molar-refractivity contribution in [1.82, 2.24) is 20.0 Å². The van der Waals surface area contributed by atoms with E-state index in [1.165, 1.54) is 11.3 Å². The van der Waals surface area contributed by atoms with Gasteiger partial charge in [-0.2, -0.15) is 5.10 Å². The molecule has 0 aromatic carbocycles. The molecule has 1 aliphatic carbocycles. The Morgan fingerprint density at radius 2 is 1.72 bits per heavy atom. The molecule has 0 unspecified atom stereocenters. The van der Waals surface area contributed by atoms with Gasteiger partial charge in [0.2, 0.25) is 5.91 Å². The monoisotopic (exact) mass is 460 g/mol. The van der Waals surface area contributed by atoms with Gasteiger partial charge < -0.3 is 19.7 Å². The van der Waals surface area contributed by atoms with Gasteiger partial charge in [0.15, 0.2) is 0 Å².